The van der Waals surface area contributed by atoms with Gasteiger partial charge in [0.05, 0.1) is 43.6 Å². The maximum Gasteiger partial charge on any atom is 0.243 e. The van der Waals surface area contributed by atoms with Gasteiger partial charge in [-0.25, -0.2) is 0 Å². The van der Waals surface area contributed by atoms with Crippen molar-refractivity contribution in [3.8, 4) is 0 Å². The fraction of sp³-hybridized carbons (Fsp3) is 0.770. The van der Waals surface area contributed by atoms with Crippen LogP contribution < -0.4 is 59.3 Å². The largest absolute Gasteiger partial charge is 0.393 e. The molecule has 0 saturated carbocycles. The topological polar surface area (TPSA) is 480 Å². The number of hydrogen-bond acceptors (Lipinski definition) is 18. The molecule has 17 N–H and O–H groups in total. The fourth-order valence-electron chi connectivity index (χ4n) is 10.1. The molecule has 0 aromatic rings. The number of primary amides is 2. The molecule has 12 unspecified atom stereocenters. The third-order valence-corrected chi connectivity index (χ3v) is 15.5. The number of carbonyl (C=O) groups is 14. The van der Waals surface area contributed by atoms with Gasteiger partial charge in [0.15, 0.2) is 5.78 Å². The number of Topliss-reactive ketones (excluding diaryl/α,β-unsaturated/α-hetero) is 3. The number of ketones is 3. The number of aliphatic hydroxyl groups is 4. The van der Waals surface area contributed by atoms with E-state index in [0.717, 1.165) is 91.4 Å². The molecule has 0 radical (unpaired) electrons. The molecule has 0 aromatic heterocycles. The SMILES string of the molecule is CCCCCCCCCC(O)CCC1NC(=O)C(C(C)O)CC(=O)C(C(C)O)NC(=O)C(CC(O)NC=O)NC(=O)C(C)NC(=O)C(CC(N)=O)NC(=O)C(CC(N)=O)NC(=O)C(CCCCCCCC(=O)CCCCCC)CC(=O)CCNC(=O)CNC1=O. The molecule has 11 amide bonds. The van der Waals surface area contributed by atoms with E-state index < -0.39 is 182 Å². The molecule has 1 heterocycles. The number of amides is 11. The Balaban J connectivity index is 3.78. The van der Waals surface area contributed by atoms with Gasteiger partial charge in [0, 0.05) is 51.0 Å². The van der Waals surface area contributed by atoms with Gasteiger partial charge >= 0.3 is 0 Å². The Labute approximate surface area is 528 Å². The first kappa shape index (κ1) is 81.0. The van der Waals surface area contributed by atoms with E-state index >= 15 is 0 Å². The monoisotopic (exact) mass is 1280 g/mol. The maximum atomic E-state index is 14.1. The van der Waals surface area contributed by atoms with E-state index in [1.54, 1.807) is 0 Å². The van der Waals surface area contributed by atoms with Crippen molar-refractivity contribution in [1.82, 2.24) is 47.9 Å². The Morgan fingerprint density at radius 3 is 1.63 bits per heavy atom. The first-order chi connectivity index (χ1) is 42.6. The Kier molecular flexibility index (Phi) is 41.5. The van der Waals surface area contributed by atoms with Crippen molar-refractivity contribution in [3.05, 3.63) is 0 Å². The number of aliphatic hydroxyl groups excluding tert-OH is 4. The molecule has 0 spiro atoms. The van der Waals surface area contributed by atoms with Crippen LogP contribution in [0.1, 0.15) is 214 Å². The summed E-state index contributed by atoms with van der Waals surface area (Å²) < 4.78 is 0. The minimum absolute atomic E-state index is 0.00780. The molecule has 0 bridgehead atoms. The van der Waals surface area contributed by atoms with Crippen LogP contribution in [0, 0.1) is 11.8 Å². The summed E-state index contributed by atoms with van der Waals surface area (Å²) in [5, 5.41) is 64.0. The minimum Gasteiger partial charge on any atom is -0.393 e. The van der Waals surface area contributed by atoms with Crippen LogP contribution >= 0.6 is 0 Å². The highest BCUT2D eigenvalue weighted by molar-refractivity contribution is 6.00. The molecule has 1 rings (SSSR count). The molecule has 90 heavy (non-hydrogen) atoms. The van der Waals surface area contributed by atoms with E-state index in [0.29, 0.717) is 51.4 Å². The molecule has 29 nitrogen and oxygen atoms in total. The number of hydrogen-bond donors (Lipinski definition) is 15. The lowest BCUT2D eigenvalue weighted by Gasteiger charge is -2.28. The lowest BCUT2D eigenvalue weighted by molar-refractivity contribution is -0.139. The van der Waals surface area contributed by atoms with Crippen LogP contribution in [0.25, 0.3) is 0 Å². The van der Waals surface area contributed by atoms with Gasteiger partial charge in [-0.15, -0.1) is 0 Å². The van der Waals surface area contributed by atoms with Crippen molar-refractivity contribution >= 4 is 82.8 Å². The zero-order chi connectivity index (χ0) is 67.7. The second kappa shape index (κ2) is 46.1. The van der Waals surface area contributed by atoms with E-state index in [2.05, 4.69) is 56.4 Å². The standard InChI is InChI=1S/C61H105N11O18/c1-6-8-10-12-13-16-21-25-42(77)26-27-45-58(87)65-35-53(83)64-29-28-43(78)30-40(22-18-15-14-17-20-24-41(76)23-19-11-9-7-2)56(85)70-47(33-51(63)81)60(89)71-46(32-50(62)80)59(88)67-37(3)55(84)69-48(34-52(82)66-36-73)61(90)72-54(39(5)75)49(79)31-44(38(4)74)57(86)68-45/h36-40,42,44-48,52,54,74-75,77,82H,6-35H2,1-5H3,(H2,62,80)(H2,63,81)(H,64,83)(H,65,87)(H,66,73)(H,67,88)(H,68,86)(H,69,84)(H,70,85)(H,71,89)(H,72,90). The van der Waals surface area contributed by atoms with Crippen LogP contribution in [0.3, 0.4) is 0 Å². The van der Waals surface area contributed by atoms with E-state index in [9.17, 15) is 87.5 Å². The maximum absolute atomic E-state index is 14.1. The minimum atomic E-state index is -1.90. The Hall–Kier alpha value is -6.98. The summed E-state index contributed by atoms with van der Waals surface area (Å²) in [6.45, 7) is 6.58. The Morgan fingerprint density at radius 2 is 1.07 bits per heavy atom. The summed E-state index contributed by atoms with van der Waals surface area (Å²) in [5.74, 6) is -15.0. The fourth-order valence-corrected chi connectivity index (χ4v) is 10.1. The summed E-state index contributed by atoms with van der Waals surface area (Å²) in [5.41, 5.74) is 10.9. The summed E-state index contributed by atoms with van der Waals surface area (Å²) >= 11 is 0. The van der Waals surface area contributed by atoms with Crippen LogP contribution in [0.2, 0.25) is 0 Å². The van der Waals surface area contributed by atoms with Crippen LogP contribution in [-0.2, 0) is 67.1 Å². The highest BCUT2D eigenvalue weighted by Crippen LogP contribution is 2.20. The lowest BCUT2D eigenvalue weighted by Crippen LogP contribution is -2.60. The van der Waals surface area contributed by atoms with Crippen molar-refractivity contribution in [2.24, 2.45) is 23.3 Å². The van der Waals surface area contributed by atoms with Crippen molar-refractivity contribution in [2.75, 3.05) is 13.1 Å². The van der Waals surface area contributed by atoms with Crippen LogP contribution in [0.15, 0.2) is 0 Å². The molecular weight excluding hydrogens is 1170 g/mol. The number of nitrogens with one attached hydrogen (secondary N) is 9. The summed E-state index contributed by atoms with van der Waals surface area (Å²) in [4.78, 5) is 186. The molecule has 0 aromatic carbocycles. The van der Waals surface area contributed by atoms with Gasteiger partial charge in [0.25, 0.3) is 0 Å². The predicted molar refractivity (Wildman–Crippen MR) is 329 cm³/mol. The third-order valence-electron chi connectivity index (χ3n) is 15.5. The molecule has 29 heteroatoms. The van der Waals surface area contributed by atoms with E-state index in [1.165, 1.54) is 0 Å². The van der Waals surface area contributed by atoms with Crippen molar-refractivity contribution in [1.29, 1.82) is 0 Å². The van der Waals surface area contributed by atoms with Gasteiger partial charge in [0.2, 0.25) is 65.5 Å². The Morgan fingerprint density at radius 1 is 0.556 bits per heavy atom. The van der Waals surface area contributed by atoms with Crippen molar-refractivity contribution < 1.29 is 87.5 Å². The predicted octanol–water partition coefficient (Wildman–Crippen LogP) is -0.779. The van der Waals surface area contributed by atoms with Crippen LogP contribution in [-0.4, -0.2) is 177 Å². The van der Waals surface area contributed by atoms with Gasteiger partial charge in [-0.1, -0.05) is 104 Å². The number of unbranched alkanes of at least 4 members (excludes halogenated alkanes) is 13. The van der Waals surface area contributed by atoms with Gasteiger partial charge in [-0.05, 0) is 59.3 Å². The lowest BCUT2D eigenvalue weighted by atomic mass is 9.91. The quantitative estimate of drug-likeness (QED) is 0.0213. The second-order valence-electron chi connectivity index (χ2n) is 23.7. The zero-order valence-corrected chi connectivity index (χ0v) is 53.4. The average Bonchev–Trinajstić information content (AvgIpc) is 1.37. The van der Waals surface area contributed by atoms with E-state index in [-0.39, 0.29) is 44.4 Å². The van der Waals surface area contributed by atoms with Crippen LogP contribution in [0.4, 0.5) is 0 Å². The van der Waals surface area contributed by atoms with E-state index in [1.807, 2.05) is 5.32 Å². The smallest absolute Gasteiger partial charge is 0.243 e. The zero-order valence-electron chi connectivity index (χ0n) is 53.4. The highest BCUT2D eigenvalue weighted by Gasteiger charge is 2.38. The van der Waals surface area contributed by atoms with Crippen molar-refractivity contribution in [3.63, 3.8) is 0 Å². The Bertz CT molecular complexity index is 2320. The number of nitrogens with two attached hydrogens (primary N) is 2. The van der Waals surface area contributed by atoms with E-state index in [4.69, 9.17) is 11.5 Å². The van der Waals surface area contributed by atoms with Gasteiger partial charge in [0.1, 0.15) is 54.0 Å². The van der Waals surface area contributed by atoms with Crippen molar-refractivity contribution in [2.45, 2.75) is 275 Å². The molecule has 1 fully saturated rings. The molecular formula is C61H105N11O18. The number of carbonyl (C=O) groups excluding carboxylic acids is 14. The highest BCUT2D eigenvalue weighted by atomic mass is 16.3. The average molecular weight is 1280 g/mol. The van der Waals surface area contributed by atoms with Crippen LogP contribution in [0.5, 0.6) is 0 Å². The first-order valence-corrected chi connectivity index (χ1v) is 32.0. The molecule has 0 aliphatic carbocycles. The normalized spacial score (nSPS) is 23.5. The first-order valence-electron chi connectivity index (χ1n) is 32.0. The molecule has 12 atom stereocenters. The van der Waals surface area contributed by atoms with Gasteiger partial charge in [-0.2, -0.15) is 0 Å². The molecule has 1 aliphatic heterocycles. The number of rotatable bonds is 34. The molecule has 1 saturated heterocycles. The molecule has 1 aliphatic rings. The summed E-state index contributed by atoms with van der Waals surface area (Å²) in [6.07, 6.45) is 4.82. The summed E-state index contributed by atoms with van der Waals surface area (Å²) in [7, 11) is 0. The van der Waals surface area contributed by atoms with Gasteiger partial charge in [-0.3, -0.25) is 67.1 Å². The third kappa shape index (κ3) is 35.4. The molecule has 512 valence electrons. The van der Waals surface area contributed by atoms with Gasteiger partial charge < -0.3 is 79.7 Å². The second-order valence-corrected chi connectivity index (χ2v) is 23.7. The summed E-state index contributed by atoms with van der Waals surface area (Å²) in [6, 6.07) is -10.6.